The van der Waals surface area contributed by atoms with Gasteiger partial charge in [0.25, 0.3) is 16.0 Å². The first-order valence-corrected chi connectivity index (χ1v) is 13.3. The third-order valence-electron chi connectivity index (χ3n) is 5.72. The fraction of sp³-hybridized carbons (Fsp3) is 0.115. The number of ether oxygens (including phenoxy) is 1. The average Bonchev–Trinajstić information content (AvgIpc) is 2.88. The van der Waals surface area contributed by atoms with E-state index in [1.165, 1.54) is 19.2 Å². The van der Waals surface area contributed by atoms with Gasteiger partial charge in [-0.25, -0.2) is 0 Å². The van der Waals surface area contributed by atoms with Crippen LogP contribution in [0.4, 0.5) is 17.1 Å². The molecule has 0 radical (unpaired) electrons. The molecule has 0 bridgehead atoms. The Hall–Kier alpha value is -3.70. The van der Waals surface area contributed by atoms with Gasteiger partial charge in [0.1, 0.15) is 11.4 Å². The van der Waals surface area contributed by atoms with Gasteiger partial charge in [0.05, 0.1) is 34.0 Å². The number of nitrogens with one attached hydrogen (secondary N) is 1. The summed E-state index contributed by atoms with van der Waals surface area (Å²) in [6.45, 7) is 1.79. The highest BCUT2D eigenvalue weighted by atomic mass is 35.5. The van der Waals surface area contributed by atoms with Crippen molar-refractivity contribution in [1.82, 2.24) is 0 Å². The lowest BCUT2D eigenvalue weighted by molar-refractivity contribution is 0.102. The summed E-state index contributed by atoms with van der Waals surface area (Å²) in [5, 5.41) is 23.5. The van der Waals surface area contributed by atoms with Crippen molar-refractivity contribution in [3.05, 3.63) is 81.8 Å². The SMILES string of the molecule is CCc1c(Cl)cc(S(=O)(=O)O)cc1N=Nc1c(O)c(C(=O)Nc2cc(OC)ccc2Cl)cc2ccccc12. The van der Waals surface area contributed by atoms with E-state index in [0.29, 0.717) is 28.5 Å². The number of fused-ring (bicyclic) bond motifs is 1. The number of rotatable bonds is 7. The van der Waals surface area contributed by atoms with Crippen molar-refractivity contribution in [1.29, 1.82) is 0 Å². The number of halogens is 2. The molecule has 4 aromatic carbocycles. The molecule has 0 fully saturated rings. The van der Waals surface area contributed by atoms with Gasteiger partial charge in [-0.3, -0.25) is 9.35 Å². The Morgan fingerprint density at radius 2 is 1.76 bits per heavy atom. The third-order valence-corrected chi connectivity index (χ3v) is 7.21. The number of amides is 1. The van der Waals surface area contributed by atoms with Crippen molar-refractivity contribution < 1.29 is 27.6 Å². The maximum absolute atomic E-state index is 13.2. The number of carbonyl (C=O) groups excluding carboxylic acids is 1. The van der Waals surface area contributed by atoms with Gasteiger partial charge in [-0.1, -0.05) is 54.4 Å². The zero-order chi connectivity index (χ0) is 27.6. The van der Waals surface area contributed by atoms with E-state index in [4.69, 9.17) is 27.9 Å². The lowest BCUT2D eigenvalue weighted by Gasteiger charge is -2.13. The number of hydrogen-bond acceptors (Lipinski definition) is 7. The van der Waals surface area contributed by atoms with E-state index >= 15 is 0 Å². The standard InChI is InChI=1S/C26H21Cl2N3O6S/c1-3-17-21(28)12-16(38(34,35)36)13-22(17)30-31-24-18-7-5-4-6-14(18)10-19(25(24)32)26(33)29-23-11-15(37-2)8-9-20(23)27/h4-13,32H,3H2,1-2H3,(H,29,33)(H,34,35,36). The Morgan fingerprint density at radius 3 is 2.45 bits per heavy atom. The maximum Gasteiger partial charge on any atom is 0.294 e. The molecule has 0 aliphatic rings. The van der Waals surface area contributed by atoms with Crippen LogP contribution in [0.2, 0.25) is 10.0 Å². The minimum Gasteiger partial charge on any atom is -0.505 e. The first-order valence-electron chi connectivity index (χ1n) is 11.1. The number of carbonyl (C=O) groups is 1. The molecule has 0 aliphatic carbocycles. The van der Waals surface area contributed by atoms with E-state index in [0.717, 1.165) is 12.1 Å². The van der Waals surface area contributed by atoms with E-state index in [9.17, 15) is 22.9 Å². The molecule has 4 rings (SSSR count). The fourth-order valence-electron chi connectivity index (χ4n) is 3.80. The second-order valence-electron chi connectivity index (χ2n) is 8.07. The quantitative estimate of drug-likeness (QED) is 0.156. The molecule has 196 valence electrons. The number of phenols is 1. The number of aromatic hydroxyl groups is 1. The Labute approximate surface area is 228 Å². The first-order chi connectivity index (χ1) is 18.0. The molecule has 0 aliphatic heterocycles. The number of anilines is 1. The number of hydrogen-bond donors (Lipinski definition) is 3. The first kappa shape index (κ1) is 27.3. The summed E-state index contributed by atoms with van der Waals surface area (Å²) in [5.41, 5.74) is 0.704. The van der Waals surface area contributed by atoms with E-state index in [2.05, 4.69) is 15.5 Å². The summed E-state index contributed by atoms with van der Waals surface area (Å²) >= 11 is 12.4. The smallest absolute Gasteiger partial charge is 0.294 e. The van der Waals surface area contributed by atoms with Gasteiger partial charge in [-0.2, -0.15) is 13.5 Å². The summed E-state index contributed by atoms with van der Waals surface area (Å²) in [6.07, 6.45) is 0.384. The molecule has 0 spiro atoms. The minimum atomic E-state index is -4.56. The Bertz CT molecular complexity index is 1710. The van der Waals surface area contributed by atoms with Gasteiger partial charge in [-0.15, -0.1) is 5.11 Å². The van der Waals surface area contributed by atoms with E-state index < -0.39 is 26.7 Å². The fourth-order valence-corrected chi connectivity index (χ4v) is 4.90. The van der Waals surface area contributed by atoms with Crippen LogP contribution in [0.15, 0.2) is 75.8 Å². The second kappa shape index (κ2) is 11.0. The Kier molecular flexibility index (Phi) is 7.89. The van der Waals surface area contributed by atoms with Crippen LogP contribution in [0, 0.1) is 0 Å². The maximum atomic E-state index is 13.2. The van der Waals surface area contributed by atoms with Crippen molar-refractivity contribution in [3.63, 3.8) is 0 Å². The molecule has 12 heteroatoms. The van der Waals surface area contributed by atoms with Crippen LogP contribution in [0.3, 0.4) is 0 Å². The molecule has 0 atom stereocenters. The van der Waals surface area contributed by atoms with Gasteiger partial charge in [0, 0.05) is 16.5 Å². The molecular weight excluding hydrogens is 553 g/mol. The van der Waals surface area contributed by atoms with Gasteiger partial charge in [-0.05, 0) is 47.7 Å². The van der Waals surface area contributed by atoms with Gasteiger partial charge in [0.15, 0.2) is 5.75 Å². The molecule has 0 heterocycles. The largest absolute Gasteiger partial charge is 0.505 e. The topological polar surface area (TPSA) is 138 Å². The van der Waals surface area contributed by atoms with Crippen molar-refractivity contribution in [2.24, 2.45) is 10.2 Å². The number of phenolic OH excluding ortho intramolecular Hbond substituents is 1. The molecule has 4 aromatic rings. The highest BCUT2D eigenvalue weighted by Gasteiger charge is 2.20. The lowest BCUT2D eigenvalue weighted by atomic mass is 10.0. The summed E-state index contributed by atoms with van der Waals surface area (Å²) in [6, 6.07) is 15.4. The minimum absolute atomic E-state index is 0.0274. The zero-order valence-electron chi connectivity index (χ0n) is 20.1. The molecule has 0 saturated heterocycles. The third kappa shape index (κ3) is 5.58. The monoisotopic (exact) mass is 573 g/mol. The van der Waals surface area contributed by atoms with Gasteiger partial charge in [0.2, 0.25) is 0 Å². The Balaban J connectivity index is 1.84. The van der Waals surface area contributed by atoms with Crippen LogP contribution in [0.25, 0.3) is 10.8 Å². The molecule has 9 nitrogen and oxygen atoms in total. The zero-order valence-corrected chi connectivity index (χ0v) is 22.4. The highest BCUT2D eigenvalue weighted by Crippen LogP contribution is 2.41. The van der Waals surface area contributed by atoms with Crippen molar-refractivity contribution in [2.45, 2.75) is 18.2 Å². The van der Waals surface area contributed by atoms with Crippen molar-refractivity contribution in [3.8, 4) is 11.5 Å². The van der Waals surface area contributed by atoms with E-state index in [-0.39, 0.29) is 32.7 Å². The van der Waals surface area contributed by atoms with Gasteiger partial charge < -0.3 is 15.2 Å². The summed E-state index contributed by atoms with van der Waals surface area (Å²) in [4.78, 5) is 12.7. The Morgan fingerprint density at radius 1 is 1.03 bits per heavy atom. The summed E-state index contributed by atoms with van der Waals surface area (Å²) in [7, 11) is -3.09. The predicted octanol–water partition coefficient (Wildman–Crippen LogP) is 7.34. The van der Waals surface area contributed by atoms with Crippen LogP contribution < -0.4 is 10.1 Å². The van der Waals surface area contributed by atoms with Crippen LogP contribution >= 0.6 is 23.2 Å². The van der Waals surface area contributed by atoms with Gasteiger partial charge >= 0.3 is 0 Å². The molecule has 1 amide bonds. The lowest BCUT2D eigenvalue weighted by Crippen LogP contribution is -2.12. The van der Waals surface area contributed by atoms with Crippen molar-refractivity contribution in [2.75, 3.05) is 12.4 Å². The molecular formula is C26H21Cl2N3O6S. The van der Waals surface area contributed by atoms with Crippen LogP contribution in [0.1, 0.15) is 22.8 Å². The molecule has 0 unspecified atom stereocenters. The van der Waals surface area contributed by atoms with Crippen LogP contribution in [-0.4, -0.2) is 31.1 Å². The molecule has 0 saturated carbocycles. The van der Waals surface area contributed by atoms with E-state index in [1.54, 1.807) is 43.3 Å². The van der Waals surface area contributed by atoms with Crippen LogP contribution in [0.5, 0.6) is 11.5 Å². The van der Waals surface area contributed by atoms with Crippen LogP contribution in [-0.2, 0) is 16.5 Å². The normalized spacial score (nSPS) is 11.7. The number of methoxy groups -OCH3 is 1. The number of azo groups is 1. The molecule has 3 N–H and O–H groups in total. The number of nitrogens with zero attached hydrogens (tertiary/aromatic N) is 2. The predicted molar refractivity (Wildman–Crippen MR) is 146 cm³/mol. The highest BCUT2D eigenvalue weighted by molar-refractivity contribution is 7.85. The molecule has 38 heavy (non-hydrogen) atoms. The summed E-state index contributed by atoms with van der Waals surface area (Å²) < 4.78 is 38.1. The average molecular weight is 574 g/mol. The van der Waals surface area contributed by atoms with E-state index in [1.807, 2.05) is 0 Å². The van der Waals surface area contributed by atoms with Crippen molar-refractivity contribution >= 4 is 67.1 Å². The summed E-state index contributed by atoms with van der Waals surface area (Å²) in [5.74, 6) is -0.649. The second-order valence-corrected chi connectivity index (χ2v) is 10.3. The number of benzene rings is 4. The molecule has 0 aromatic heterocycles.